The Kier molecular flexibility index (Phi) is 4.88. The number of hydrogen-bond donors (Lipinski definition) is 1. The van der Waals surface area contributed by atoms with Gasteiger partial charge in [0.15, 0.2) is 0 Å². The molecule has 0 spiro atoms. The van der Waals surface area contributed by atoms with E-state index in [-0.39, 0.29) is 11.2 Å². The van der Waals surface area contributed by atoms with Crippen molar-refractivity contribution in [3.8, 4) is 0 Å². The molecule has 0 unspecified atom stereocenters. The predicted octanol–water partition coefficient (Wildman–Crippen LogP) is 1.42. The number of unbranched alkanes of at least 4 members (excludes halogenated alkanes) is 4. The Morgan fingerprint density at radius 3 is 2.62 bits per heavy atom. The second-order valence-electron chi connectivity index (χ2n) is 5.58. The van der Waals surface area contributed by atoms with E-state index in [4.69, 9.17) is 0 Å². The zero-order valence-electron chi connectivity index (χ0n) is 12.9. The lowest BCUT2D eigenvalue weighted by atomic mass is 10.1. The van der Waals surface area contributed by atoms with Gasteiger partial charge in [-0.1, -0.05) is 18.9 Å². The van der Waals surface area contributed by atoms with Crippen LogP contribution in [0.3, 0.4) is 0 Å². The van der Waals surface area contributed by atoms with Crippen molar-refractivity contribution in [2.75, 3.05) is 30.1 Å². The Hall–Kier alpha value is -1.98. The number of anilines is 2. The maximum Gasteiger partial charge on any atom is 0.329 e. The number of fused-ring (bicyclic) bond motifs is 1. The molecule has 2 rings (SSSR count). The van der Waals surface area contributed by atoms with Gasteiger partial charge in [0.1, 0.15) is 11.5 Å². The summed E-state index contributed by atoms with van der Waals surface area (Å²) in [6.07, 6.45) is 7.60. The molecule has 0 atom stereocenters. The van der Waals surface area contributed by atoms with Crippen molar-refractivity contribution in [1.82, 2.24) is 9.55 Å². The number of nitrogens with one attached hydrogen (secondary N) is 1. The molecule has 0 aliphatic carbocycles. The molecule has 116 valence electrons. The third-order valence-corrected chi connectivity index (χ3v) is 3.92. The first-order valence-electron chi connectivity index (χ1n) is 7.46. The van der Waals surface area contributed by atoms with Gasteiger partial charge in [0.25, 0.3) is 5.56 Å². The maximum absolute atomic E-state index is 11.9. The van der Waals surface area contributed by atoms with Gasteiger partial charge < -0.3 is 9.80 Å². The summed E-state index contributed by atoms with van der Waals surface area (Å²) in [7, 11) is 3.58. The molecule has 0 aromatic carbocycles. The van der Waals surface area contributed by atoms with Crippen molar-refractivity contribution < 1.29 is 0 Å². The lowest BCUT2D eigenvalue weighted by Gasteiger charge is -2.20. The molecule has 1 aliphatic rings. The summed E-state index contributed by atoms with van der Waals surface area (Å²) < 4.78 is 1.53. The second kappa shape index (κ2) is 6.65. The summed E-state index contributed by atoms with van der Waals surface area (Å²) in [6.45, 7) is 5.24. The molecule has 1 aliphatic heterocycles. The molecule has 0 radical (unpaired) electrons. The minimum Gasteiger partial charge on any atom is -0.349 e. The van der Waals surface area contributed by atoms with Gasteiger partial charge in [-0.05, 0) is 19.3 Å². The Morgan fingerprint density at radius 1 is 1.19 bits per heavy atom. The van der Waals surface area contributed by atoms with E-state index in [1.165, 1.54) is 17.4 Å². The topological polar surface area (TPSA) is 61.3 Å². The summed E-state index contributed by atoms with van der Waals surface area (Å²) in [5.41, 5.74) is -0.0714. The van der Waals surface area contributed by atoms with Crippen molar-refractivity contribution in [2.45, 2.75) is 32.1 Å². The second-order valence-corrected chi connectivity index (χ2v) is 5.58. The van der Waals surface area contributed by atoms with Gasteiger partial charge in [-0.25, -0.2) is 4.79 Å². The first kappa shape index (κ1) is 15.4. The van der Waals surface area contributed by atoms with Crippen LogP contribution in [0.1, 0.15) is 32.1 Å². The SMILES string of the molecule is C=CCCCCCCN1CN(C)c2c1n(C)c(=O)[nH]c2=O. The summed E-state index contributed by atoms with van der Waals surface area (Å²) in [5, 5.41) is 0. The molecular weight excluding hydrogens is 268 g/mol. The lowest BCUT2D eigenvalue weighted by molar-refractivity contribution is 0.626. The van der Waals surface area contributed by atoms with E-state index in [0.717, 1.165) is 31.6 Å². The maximum atomic E-state index is 11.9. The van der Waals surface area contributed by atoms with E-state index in [1.54, 1.807) is 7.05 Å². The van der Waals surface area contributed by atoms with Crippen LogP contribution in [0.2, 0.25) is 0 Å². The fourth-order valence-electron chi connectivity index (χ4n) is 2.82. The molecule has 6 heteroatoms. The van der Waals surface area contributed by atoms with Gasteiger partial charge in [0, 0.05) is 20.6 Å². The van der Waals surface area contributed by atoms with Crippen molar-refractivity contribution in [1.29, 1.82) is 0 Å². The third kappa shape index (κ3) is 3.20. The molecule has 0 amide bonds. The van der Waals surface area contributed by atoms with Gasteiger partial charge >= 0.3 is 5.69 Å². The highest BCUT2D eigenvalue weighted by Gasteiger charge is 2.28. The summed E-state index contributed by atoms with van der Waals surface area (Å²) >= 11 is 0. The van der Waals surface area contributed by atoms with E-state index in [1.807, 2.05) is 18.0 Å². The first-order valence-corrected chi connectivity index (χ1v) is 7.46. The van der Waals surface area contributed by atoms with Crippen LogP contribution in [0, 0.1) is 0 Å². The number of H-pyrrole nitrogens is 1. The quantitative estimate of drug-likeness (QED) is 0.610. The smallest absolute Gasteiger partial charge is 0.329 e. The lowest BCUT2D eigenvalue weighted by Crippen LogP contribution is -2.32. The summed E-state index contributed by atoms with van der Waals surface area (Å²) in [6, 6.07) is 0. The van der Waals surface area contributed by atoms with Gasteiger partial charge in [-0.3, -0.25) is 14.3 Å². The van der Waals surface area contributed by atoms with Gasteiger partial charge in [0.2, 0.25) is 0 Å². The normalized spacial score (nSPS) is 13.6. The van der Waals surface area contributed by atoms with Crippen LogP contribution in [0.5, 0.6) is 0 Å². The molecule has 0 saturated carbocycles. The highest BCUT2D eigenvalue weighted by Crippen LogP contribution is 2.29. The van der Waals surface area contributed by atoms with Crippen LogP contribution < -0.4 is 21.0 Å². The Morgan fingerprint density at radius 2 is 1.90 bits per heavy atom. The van der Waals surface area contributed by atoms with E-state index in [9.17, 15) is 9.59 Å². The predicted molar refractivity (Wildman–Crippen MR) is 86.2 cm³/mol. The summed E-state index contributed by atoms with van der Waals surface area (Å²) in [4.78, 5) is 30.1. The minimum absolute atomic E-state index is 0.302. The van der Waals surface area contributed by atoms with Crippen molar-refractivity contribution in [3.05, 3.63) is 33.5 Å². The molecule has 0 bridgehead atoms. The van der Waals surface area contributed by atoms with Gasteiger partial charge in [-0.15, -0.1) is 6.58 Å². The first-order chi connectivity index (χ1) is 10.1. The van der Waals surface area contributed by atoms with Crippen LogP contribution >= 0.6 is 0 Å². The molecule has 2 heterocycles. The number of aromatic nitrogens is 2. The molecule has 1 aromatic rings. The average molecular weight is 292 g/mol. The van der Waals surface area contributed by atoms with E-state index in [2.05, 4.69) is 16.5 Å². The Balaban J connectivity index is 2.04. The fraction of sp³-hybridized carbons (Fsp3) is 0.600. The van der Waals surface area contributed by atoms with Crippen molar-refractivity contribution in [2.24, 2.45) is 7.05 Å². The molecule has 0 fully saturated rings. The largest absolute Gasteiger partial charge is 0.349 e. The van der Waals surface area contributed by atoms with Crippen LogP contribution in [0.15, 0.2) is 22.2 Å². The van der Waals surface area contributed by atoms with Crippen molar-refractivity contribution in [3.63, 3.8) is 0 Å². The number of aromatic amines is 1. The highest BCUT2D eigenvalue weighted by atomic mass is 16.2. The van der Waals surface area contributed by atoms with Crippen LogP contribution in [-0.2, 0) is 7.05 Å². The monoisotopic (exact) mass is 292 g/mol. The molecule has 1 N–H and O–H groups in total. The van der Waals surface area contributed by atoms with E-state index >= 15 is 0 Å². The highest BCUT2D eigenvalue weighted by molar-refractivity contribution is 5.71. The van der Waals surface area contributed by atoms with Crippen LogP contribution in [-0.4, -0.2) is 29.8 Å². The Bertz CT molecular complexity index is 617. The number of allylic oxidation sites excluding steroid dienone is 1. The van der Waals surface area contributed by atoms with E-state index in [0.29, 0.717) is 12.4 Å². The standard InChI is InChI=1S/C15H24N4O2/c1-4-5-6-7-8-9-10-19-11-17(2)12-13(20)16-15(21)18(3)14(12)19/h4H,1,5-11H2,2-3H3,(H,16,20,21). The van der Waals surface area contributed by atoms with Crippen LogP contribution in [0.25, 0.3) is 0 Å². The number of hydrogen-bond acceptors (Lipinski definition) is 4. The molecular formula is C15H24N4O2. The molecule has 21 heavy (non-hydrogen) atoms. The van der Waals surface area contributed by atoms with Crippen molar-refractivity contribution >= 4 is 11.5 Å². The number of nitrogens with zero attached hydrogens (tertiary/aromatic N) is 3. The average Bonchev–Trinajstić information content (AvgIpc) is 2.77. The zero-order valence-corrected chi connectivity index (χ0v) is 12.9. The van der Waals surface area contributed by atoms with Gasteiger partial charge in [-0.2, -0.15) is 0 Å². The zero-order chi connectivity index (χ0) is 15.4. The van der Waals surface area contributed by atoms with E-state index < -0.39 is 0 Å². The van der Waals surface area contributed by atoms with Gasteiger partial charge in [0.05, 0.1) is 6.67 Å². The minimum atomic E-state index is -0.356. The molecule has 0 saturated heterocycles. The molecule has 1 aromatic heterocycles. The number of rotatable bonds is 7. The fourth-order valence-corrected chi connectivity index (χ4v) is 2.82. The Labute approximate surface area is 124 Å². The van der Waals surface area contributed by atoms with Crippen LogP contribution in [0.4, 0.5) is 11.5 Å². The summed E-state index contributed by atoms with van der Waals surface area (Å²) in [5.74, 6) is 0.734. The third-order valence-electron chi connectivity index (χ3n) is 3.92. The molecule has 6 nitrogen and oxygen atoms in total.